The number of carbonyl (C=O) groups is 2. The van der Waals surface area contributed by atoms with Crippen LogP contribution in [0.1, 0.15) is 50.2 Å². The number of hydrogen-bond acceptors (Lipinski definition) is 6. The smallest absolute Gasteiger partial charge is 0.480 e. The van der Waals surface area contributed by atoms with Crippen molar-refractivity contribution in [2.24, 2.45) is 11.8 Å². The summed E-state index contributed by atoms with van der Waals surface area (Å²) in [6.07, 6.45) is -5.06. The average Bonchev–Trinajstić information content (AvgIpc) is 2.73. The standard InChI is InChI=1S/C24H28ClF3N2O6/c25-13-1-2-20-16(5-13)19(31)9-21(35-20)23(33)30-18-8-17(11-3-12(18)4-11)29-22(32)10-34-14-6-15(7-14)36-24(26,27)28/h1-2,5,11-12,14-15,17-19,21,31H,3-4,6-10H2,(H,29,32)(H,30,33)/t11?,12?,14?,15?,17?,18?,19-,21-/m1/s1. The first-order chi connectivity index (χ1) is 17.0. The molecule has 0 radical (unpaired) electrons. The maximum absolute atomic E-state index is 12.9. The molecule has 4 aliphatic carbocycles. The van der Waals surface area contributed by atoms with Crippen LogP contribution >= 0.6 is 11.6 Å². The molecule has 0 spiro atoms. The average molecular weight is 533 g/mol. The first-order valence-corrected chi connectivity index (χ1v) is 12.5. The topological polar surface area (TPSA) is 106 Å². The van der Waals surface area contributed by atoms with Crippen molar-refractivity contribution in [1.82, 2.24) is 10.6 Å². The maximum atomic E-state index is 12.9. The lowest BCUT2D eigenvalue weighted by Gasteiger charge is -2.51. The molecule has 2 bridgehead atoms. The minimum absolute atomic E-state index is 0.101. The Bertz CT molecular complexity index is 999. The Labute approximate surface area is 210 Å². The summed E-state index contributed by atoms with van der Waals surface area (Å²) in [5.41, 5.74) is 0.557. The number of rotatable bonds is 7. The van der Waals surface area contributed by atoms with Crippen LogP contribution in [0, 0.1) is 11.8 Å². The molecule has 5 aliphatic rings. The number of benzene rings is 1. The molecule has 1 aromatic carbocycles. The van der Waals surface area contributed by atoms with Crippen LogP contribution in [0.2, 0.25) is 5.02 Å². The highest BCUT2D eigenvalue weighted by Gasteiger charge is 2.48. The van der Waals surface area contributed by atoms with Crippen LogP contribution in [0.3, 0.4) is 0 Å². The van der Waals surface area contributed by atoms with Crippen LogP contribution in [0.5, 0.6) is 5.75 Å². The minimum Gasteiger partial charge on any atom is -0.480 e. The molecule has 4 fully saturated rings. The maximum Gasteiger partial charge on any atom is 0.522 e. The Kier molecular flexibility index (Phi) is 7.10. The van der Waals surface area contributed by atoms with E-state index in [1.807, 2.05) is 0 Å². The van der Waals surface area contributed by atoms with Crippen molar-refractivity contribution in [3.8, 4) is 5.75 Å². The number of aliphatic hydroxyl groups excluding tert-OH is 1. The molecule has 2 unspecified atom stereocenters. The van der Waals surface area contributed by atoms with Gasteiger partial charge in [-0.2, -0.15) is 0 Å². The third-order valence-corrected chi connectivity index (χ3v) is 7.90. The summed E-state index contributed by atoms with van der Waals surface area (Å²) in [6, 6.07) is 4.65. The van der Waals surface area contributed by atoms with E-state index in [1.165, 1.54) is 0 Å². The number of halogens is 4. The highest BCUT2D eigenvalue weighted by atomic mass is 35.5. The second-order valence-corrected chi connectivity index (χ2v) is 10.6. The Morgan fingerprint density at radius 3 is 2.42 bits per heavy atom. The molecule has 1 aliphatic heterocycles. The Hall–Kier alpha value is -2.08. The summed E-state index contributed by atoms with van der Waals surface area (Å²) < 4.78 is 51.8. The first-order valence-electron chi connectivity index (χ1n) is 12.1. The van der Waals surface area contributed by atoms with Gasteiger partial charge in [-0.15, -0.1) is 13.2 Å². The van der Waals surface area contributed by atoms with Crippen LogP contribution in [-0.2, 0) is 19.1 Å². The number of hydrogen-bond donors (Lipinski definition) is 3. The van der Waals surface area contributed by atoms with Gasteiger partial charge < -0.3 is 25.2 Å². The predicted molar refractivity (Wildman–Crippen MR) is 120 cm³/mol. The van der Waals surface area contributed by atoms with Crippen LogP contribution in [0.4, 0.5) is 13.2 Å². The number of fused-ring (bicyclic) bond motifs is 3. The van der Waals surface area contributed by atoms with Crippen LogP contribution < -0.4 is 15.4 Å². The van der Waals surface area contributed by atoms with Gasteiger partial charge in [0.15, 0.2) is 6.10 Å². The van der Waals surface area contributed by atoms with E-state index < -0.39 is 30.8 Å². The van der Waals surface area contributed by atoms with Gasteiger partial charge in [0, 0.05) is 41.9 Å². The third-order valence-electron chi connectivity index (χ3n) is 7.66. The third kappa shape index (κ3) is 5.74. The zero-order valence-electron chi connectivity index (χ0n) is 19.3. The molecule has 1 heterocycles. The van der Waals surface area contributed by atoms with Gasteiger partial charge in [-0.1, -0.05) is 11.6 Å². The van der Waals surface area contributed by atoms with E-state index in [9.17, 15) is 27.9 Å². The number of aliphatic hydroxyl groups is 1. The number of alkyl halides is 3. The van der Waals surface area contributed by atoms with E-state index in [0.29, 0.717) is 34.6 Å². The quantitative estimate of drug-likeness (QED) is 0.498. The summed E-state index contributed by atoms with van der Waals surface area (Å²) in [4.78, 5) is 25.3. The Morgan fingerprint density at radius 2 is 1.72 bits per heavy atom. The van der Waals surface area contributed by atoms with Crippen LogP contribution in [0.25, 0.3) is 0 Å². The highest BCUT2D eigenvalue weighted by molar-refractivity contribution is 6.30. The van der Waals surface area contributed by atoms with Gasteiger partial charge in [-0.05, 0) is 49.3 Å². The zero-order valence-corrected chi connectivity index (χ0v) is 20.1. The fraction of sp³-hybridized carbons (Fsp3) is 0.667. The van der Waals surface area contributed by atoms with Gasteiger partial charge >= 0.3 is 6.36 Å². The molecular formula is C24H28ClF3N2O6. The molecule has 12 heteroatoms. The molecule has 4 atom stereocenters. The highest BCUT2D eigenvalue weighted by Crippen LogP contribution is 2.46. The van der Waals surface area contributed by atoms with Gasteiger partial charge in [0.05, 0.1) is 18.3 Å². The lowest BCUT2D eigenvalue weighted by Crippen LogP contribution is -2.61. The second-order valence-electron chi connectivity index (χ2n) is 10.1. The summed E-state index contributed by atoms with van der Waals surface area (Å²) in [6.45, 7) is -0.232. The summed E-state index contributed by atoms with van der Waals surface area (Å²) >= 11 is 5.99. The van der Waals surface area contributed by atoms with Crippen LogP contribution in [0.15, 0.2) is 18.2 Å². The van der Waals surface area contributed by atoms with Crippen molar-refractivity contribution in [3.63, 3.8) is 0 Å². The zero-order chi connectivity index (χ0) is 25.6. The van der Waals surface area contributed by atoms with E-state index >= 15 is 0 Å². The van der Waals surface area contributed by atoms with Gasteiger partial charge in [-0.25, -0.2) is 0 Å². The Morgan fingerprint density at radius 1 is 1.03 bits per heavy atom. The first kappa shape index (κ1) is 25.6. The summed E-state index contributed by atoms with van der Waals surface area (Å²) in [7, 11) is 0. The van der Waals surface area contributed by atoms with E-state index in [0.717, 1.165) is 12.8 Å². The second kappa shape index (κ2) is 10.00. The van der Waals surface area contributed by atoms with Gasteiger partial charge in [0.25, 0.3) is 5.91 Å². The number of amides is 2. The lowest BCUT2D eigenvalue weighted by molar-refractivity contribution is -0.357. The van der Waals surface area contributed by atoms with Crippen molar-refractivity contribution in [3.05, 3.63) is 28.8 Å². The number of nitrogens with one attached hydrogen (secondary N) is 2. The van der Waals surface area contributed by atoms with Crippen molar-refractivity contribution < 1.29 is 42.1 Å². The molecular weight excluding hydrogens is 505 g/mol. The molecule has 36 heavy (non-hydrogen) atoms. The SMILES string of the molecule is O=C(COC1CC(OC(F)(F)F)C1)NC1CC(NC(=O)[C@H]2C[C@@H](O)c3cc(Cl)ccc3O2)C2CC1C2. The van der Waals surface area contributed by atoms with Crippen LogP contribution in [-0.4, -0.2) is 60.3 Å². The molecule has 0 aromatic heterocycles. The Balaban J connectivity index is 1.07. The monoisotopic (exact) mass is 532 g/mol. The van der Waals surface area contributed by atoms with Gasteiger partial charge in [0.1, 0.15) is 12.4 Å². The molecule has 198 valence electrons. The van der Waals surface area contributed by atoms with Gasteiger partial charge in [0.2, 0.25) is 5.91 Å². The molecule has 3 N–H and O–H groups in total. The number of ether oxygens (including phenoxy) is 3. The number of carbonyl (C=O) groups excluding carboxylic acids is 2. The van der Waals surface area contributed by atoms with Crippen molar-refractivity contribution >= 4 is 23.4 Å². The van der Waals surface area contributed by atoms with Gasteiger partial charge in [-0.3, -0.25) is 14.3 Å². The molecule has 0 saturated heterocycles. The molecule has 2 amide bonds. The van der Waals surface area contributed by atoms with E-state index in [2.05, 4.69) is 15.4 Å². The van der Waals surface area contributed by atoms with E-state index in [-0.39, 0.29) is 49.8 Å². The summed E-state index contributed by atoms with van der Waals surface area (Å²) in [5, 5.41) is 16.9. The molecule has 4 saturated carbocycles. The summed E-state index contributed by atoms with van der Waals surface area (Å²) in [5.74, 6) is 0.440. The molecule has 1 aromatic rings. The molecule has 6 rings (SSSR count). The fourth-order valence-electron chi connectivity index (χ4n) is 5.61. The van der Waals surface area contributed by atoms with E-state index in [1.54, 1.807) is 18.2 Å². The molecule has 8 nitrogen and oxygen atoms in total. The normalized spacial score (nSPS) is 34.9. The predicted octanol–water partition coefficient (Wildman–Crippen LogP) is 3.01. The largest absolute Gasteiger partial charge is 0.522 e. The van der Waals surface area contributed by atoms with Crippen molar-refractivity contribution in [1.29, 1.82) is 0 Å². The van der Waals surface area contributed by atoms with Crippen molar-refractivity contribution in [2.75, 3.05) is 6.61 Å². The minimum atomic E-state index is -4.66. The lowest BCUT2D eigenvalue weighted by atomic mass is 9.60. The fourth-order valence-corrected chi connectivity index (χ4v) is 5.79. The van der Waals surface area contributed by atoms with Crippen molar-refractivity contribution in [2.45, 2.75) is 81.4 Å². The van der Waals surface area contributed by atoms with E-state index in [4.69, 9.17) is 21.1 Å².